The number of carbonyl (C=O) groups is 1. The Morgan fingerprint density at radius 2 is 2.06 bits per heavy atom. The van der Waals surface area contributed by atoms with Crippen LogP contribution in [0.15, 0.2) is 30.3 Å². The number of hydrogen-bond acceptors (Lipinski definition) is 3. The normalized spacial score (nSPS) is 23.2. The third-order valence-electron chi connectivity index (χ3n) is 3.28. The lowest BCUT2D eigenvalue weighted by Gasteiger charge is -2.23. The van der Waals surface area contributed by atoms with Gasteiger partial charge in [0.25, 0.3) is 0 Å². The molecule has 1 aromatic carbocycles. The van der Waals surface area contributed by atoms with Gasteiger partial charge in [-0.05, 0) is 12.0 Å². The number of ether oxygens (including phenoxy) is 1. The summed E-state index contributed by atoms with van der Waals surface area (Å²) in [5.41, 5.74) is 1.08. The molecular formula is C14H19NO3. The lowest BCUT2D eigenvalue weighted by atomic mass is 10.0. The highest BCUT2D eigenvalue weighted by Gasteiger charge is 2.40. The van der Waals surface area contributed by atoms with E-state index in [9.17, 15) is 9.90 Å². The number of nitrogens with zero attached hydrogens (tertiary/aromatic N) is 1. The Balaban J connectivity index is 2.11. The topological polar surface area (TPSA) is 49.8 Å². The van der Waals surface area contributed by atoms with E-state index in [1.807, 2.05) is 30.3 Å². The maximum Gasteiger partial charge on any atom is 0.410 e. The number of hydrogen-bond donors (Lipinski definition) is 1. The average Bonchev–Trinajstić information content (AvgIpc) is 2.69. The second-order valence-electron chi connectivity index (χ2n) is 4.57. The molecule has 1 amide bonds. The van der Waals surface area contributed by atoms with Crippen molar-refractivity contribution in [2.45, 2.75) is 38.5 Å². The molecule has 0 aliphatic carbocycles. The second-order valence-corrected chi connectivity index (χ2v) is 4.57. The molecule has 98 valence electrons. The predicted molar refractivity (Wildman–Crippen MR) is 68.0 cm³/mol. The zero-order chi connectivity index (χ0) is 13.0. The molecule has 0 aromatic heterocycles. The summed E-state index contributed by atoms with van der Waals surface area (Å²) in [5.74, 6) is 0. The highest BCUT2D eigenvalue weighted by atomic mass is 16.6. The van der Waals surface area contributed by atoms with Gasteiger partial charge in [-0.3, -0.25) is 4.90 Å². The monoisotopic (exact) mass is 249 g/mol. The minimum Gasteiger partial charge on any atom is -0.441 e. The van der Waals surface area contributed by atoms with Crippen molar-refractivity contribution in [3.05, 3.63) is 35.9 Å². The molecule has 2 rings (SSSR count). The molecule has 0 bridgehead atoms. The number of benzene rings is 1. The fourth-order valence-electron chi connectivity index (χ4n) is 2.37. The molecule has 1 saturated heterocycles. The first-order valence-corrected chi connectivity index (χ1v) is 6.38. The molecule has 1 aromatic rings. The standard InChI is InChI=1S/C14H19NO3/c1-2-6-12-13(10-16)18-14(17)15(12)9-11-7-4-3-5-8-11/h3-5,7-8,12-13,16H,2,6,9-10H2,1H3/t12-,13+/m1/s1. The Hall–Kier alpha value is -1.55. The van der Waals surface area contributed by atoms with Gasteiger partial charge in [0, 0.05) is 6.54 Å². The van der Waals surface area contributed by atoms with Crippen LogP contribution in [0.4, 0.5) is 4.79 Å². The fraction of sp³-hybridized carbons (Fsp3) is 0.500. The van der Waals surface area contributed by atoms with Gasteiger partial charge in [-0.1, -0.05) is 43.7 Å². The van der Waals surface area contributed by atoms with Crippen molar-refractivity contribution >= 4 is 6.09 Å². The zero-order valence-corrected chi connectivity index (χ0v) is 10.6. The summed E-state index contributed by atoms with van der Waals surface area (Å²) >= 11 is 0. The largest absolute Gasteiger partial charge is 0.441 e. The van der Waals surface area contributed by atoms with Gasteiger partial charge in [-0.25, -0.2) is 4.79 Å². The van der Waals surface area contributed by atoms with Crippen molar-refractivity contribution in [2.24, 2.45) is 0 Å². The van der Waals surface area contributed by atoms with Crippen molar-refractivity contribution in [1.82, 2.24) is 4.90 Å². The molecule has 0 spiro atoms. The lowest BCUT2D eigenvalue weighted by Crippen LogP contribution is -2.37. The summed E-state index contributed by atoms with van der Waals surface area (Å²) in [5, 5.41) is 9.26. The van der Waals surface area contributed by atoms with E-state index in [0.29, 0.717) is 6.54 Å². The van der Waals surface area contributed by atoms with Crippen LogP contribution in [0.1, 0.15) is 25.3 Å². The smallest absolute Gasteiger partial charge is 0.410 e. The van der Waals surface area contributed by atoms with Gasteiger partial charge in [-0.15, -0.1) is 0 Å². The Morgan fingerprint density at radius 1 is 1.33 bits per heavy atom. The van der Waals surface area contributed by atoms with E-state index in [1.165, 1.54) is 0 Å². The summed E-state index contributed by atoms with van der Waals surface area (Å²) in [7, 11) is 0. The molecule has 1 N–H and O–H groups in total. The molecule has 0 saturated carbocycles. The number of cyclic esters (lactones) is 1. The van der Waals surface area contributed by atoms with E-state index in [0.717, 1.165) is 18.4 Å². The van der Waals surface area contributed by atoms with Crippen LogP contribution in [-0.4, -0.2) is 34.9 Å². The SMILES string of the molecule is CCC[C@@H]1[C@H](CO)OC(=O)N1Cc1ccccc1. The summed E-state index contributed by atoms with van der Waals surface area (Å²) < 4.78 is 5.20. The van der Waals surface area contributed by atoms with Gasteiger partial charge in [0.2, 0.25) is 0 Å². The molecule has 1 heterocycles. The van der Waals surface area contributed by atoms with E-state index in [2.05, 4.69) is 6.92 Å². The van der Waals surface area contributed by atoms with Crippen molar-refractivity contribution in [2.75, 3.05) is 6.61 Å². The van der Waals surface area contributed by atoms with Crippen molar-refractivity contribution in [1.29, 1.82) is 0 Å². The molecule has 1 aliphatic heterocycles. The molecule has 4 nitrogen and oxygen atoms in total. The molecule has 2 atom stereocenters. The zero-order valence-electron chi connectivity index (χ0n) is 10.6. The molecule has 4 heteroatoms. The van der Waals surface area contributed by atoms with Gasteiger partial charge < -0.3 is 9.84 Å². The summed E-state index contributed by atoms with van der Waals surface area (Å²) in [6, 6.07) is 9.81. The van der Waals surface area contributed by atoms with Gasteiger partial charge in [0.1, 0.15) is 6.10 Å². The quantitative estimate of drug-likeness (QED) is 0.870. The Bertz CT molecular complexity index is 393. The van der Waals surface area contributed by atoms with Gasteiger partial charge >= 0.3 is 6.09 Å². The summed E-state index contributed by atoms with van der Waals surface area (Å²) in [4.78, 5) is 13.5. The van der Waals surface area contributed by atoms with Gasteiger partial charge in [-0.2, -0.15) is 0 Å². The van der Waals surface area contributed by atoms with E-state index in [-0.39, 0.29) is 24.8 Å². The van der Waals surface area contributed by atoms with Crippen LogP contribution in [0.3, 0.4) is 0 Å². The van der Waals surface area contributed by atoms with Crippen molar-refractivity contribution in [3.63, 3.8) is 0 Å². The Morgan fingerprint density at radius 3 is 2.67 bits per heavy atom. The second kappa shape index (κ2) is 5.87. The summed E-state index contributed by atoms with van der Waals surface area (Å²) in [6.45, 7) is 2.50. The third-order valence-corrected chi connectivity index (χ3v) is 3.28. The van der Waals surface area contributed by atoms with Crippen LogP contribution in [0, 0.1) is 0 Å². The maximum absolute atomic E-state index is 11.8. The molecule has 1 fully saturated rings. The number of amides is 1. The highest BCUT2D eigenvalue weighted by Crippen LogP contribution is 2.25. The predicted octanol–water partition coefficient (Wildman–Crippen LogP) is 2.17. The minimum atomic E-state index is -0.388. The van der Waals surface area contributed by atoms with Gasteiger partial charge in [0.15, 0.2) is 0 Å². The molecule has 1 aliphatic rings. The third kappa shape index (κ3) is 2.64. The number of rotatable bonds is 5. The van der Waals surface area contributed by atoms with E-state index in [1.54, 1.807) is 4.90 Å². The average molecular weight is 249 g/mol. The van der Waals surface area contributed by atoms with Gasteiger partial charge in [0.05, 0.1) is 12.6 Å². The molecule has 18 heavy (non-hydrogen) atoms. The van der Waals surface area contributed by atoms with Crippen LogP contribution in [0.5, 0.6) is 0 Å². The number of aliphatic hydroxyl groups excluding tert-OH is 1. The van der Waals surface area contributed by atoms with E-state index >= 15 is 0 Å². The number of carbonyl (C=O) groups excluding carboxylic acids is 1. The van der Waals surface area contributed by atoms with Crippen LogP contribution < -0.4 is 0 Å². The fourth-order valence-corrected chi connectivity index (χ4v) is 2.37. The van der Waals surface area contributed by atoms with Crippen LogP contribution >= 0.6 is 0 Å². The van der Waals surface area contributed by atoms with E-state index in [4.69, 9.17) is 4.74 Å². The molecule has 0 radical (unpaired) electrons. The van der Waals surface area contributed by atoms with Crippen LogP contribution in [0.25, 0.3) is 0 Å². The first kappa shape index (κ1) is 12.9. The minimum absolute atomic E-state index is 0.0206. The van der Waals surface area contributed by atoms with Crippen LogP contribution in [-0.2, 0) is 11.3 Å². The maximum atomic E-state index is 11.8. The Kier molecular flexibility index (Phi) is 4.20. The summed E-state index contributed by atoms with van der Waals surface area (Å²) in [6.07, 6.45) is 1.10. The molecular weight excluding hydrogens is 230 g/mol. The first-order valence-electron chi connectivity index (χ1n) is 6.38. The lowest BCUT2D eigenvalue weighted by molar-refractivity contribution is 0.0811. The molecule has 0 unspecified atom stereocenters. The Labute approximate surface area is 107 Å². The van der Waals surface area contributed by atoms with Crippen molar-refractivity contribution < 1.29 is 14.6 Å². The highest BCUT2D eigenvalue weighted by molar-refractivity contribution is 5.70. The number of aliphatic hydroxyl groups is 1. The first-order chi connectivity index (χ1) is 8.76. The van der Waals surface area contributed by atoms with Crippen molar-refractivity contribution in [3.8, 4) is 0 Å². The van der Waals surface area contributed by atoms with E-state index < -0.39 is 0 Å². The van der Waals surface area contributed by atoms with Crippen LogP contribution in [0.2, 0.25) is 0 Å².